The van der Waals surface area contributed by atoms with Gasteiger partial charge in [0.25, 0.3) is 0 Å². The highest BCUT2D eigenvalue weighted by molar-refractivity contribution is 6.46. The Bertz CT molecular complexity index is 449. The standard InChI is InChI=1S/C10H9ClN4/c1-6(13)9(11)10(14)7-2-3-8(4-12)15-5-7/h2-3,5,14H,13H2,1H3/b9-6+,14-10?. The molecule has 0 unspecified atom stereocenters. The van der Waals surface area contributed by atoms with Crippen LogP contribution in [0.3, 0.4) is 0 Å². The van der Waals surface area contributed by atoms with Crippen LogP contribution in [0.15, 0.2) is 29.1 Å². The van der Waals surface area contributed by atoms with Gasteiger partial charge in [0, 0.05) is 17.5 Å². The van der Waals surface area contributed by atoms with Crippen molar-refractivity contribution in [2.75, 3.05) is 0 Å². The van der Waals surface area contributed by atoms with Crippen LogP contribution in [-0.2, 0) is 0 Å². The van der Waals surface area contributed by atoms with E-state index in [1.54, 1.807) is 13.0 Å². The lowest BCUT2D eigenvalue weighted by Gasteiger charge is -2.03. The maximum atomic E-state index is 8.54. The van der Waals surface area contributed by atoms with Gasteiger partial charge in [-0.2, -0.15) is 5.26 Å². The van der Waals surface area contributed by atoms with E-state index in [1.807, 2.05) is 6.07 Å². The maximum absolute atomic E-state index is 8.54. The van der Waals surface area contributed by atoms with E-state index in [-0.39, 0.29) is 10.7 Å². The molecular formula is C10H9ClN4. The number of nitrogens with zero attached hydrogens (tertiary/aromatic N) is 2. The van der Waals surface area contributed by atoms with E-state index in [1.165, 1.54) is 12.3 Å². The van der Waals surface area contributed by atoms with Crippen molar-refractivity contribution >= 4 is 17.3 Å². The summed E-state index contributed by atoms with van der Waals surface area (Å²) in [6.07, 6.45) is 1.42. The molecule has 0 aliphatic rings. The number of aromatic nitrogens is 1. The molecule has 15 heavy (non-hydrogen) atoms. The van der Waals surface area contributed by atoms with Crippen LogP contribution in [0.5, 0.6) is 0 Å². The van der Waals surface area contributed by atoms with Crippen LogP contribution in [0, 0.1) is 16.7 Å². The minimum Gasteiger partial charge on any atom is -0.401 e. The van der Waals surface area contributed by atoms with Gasteiger partial charge in [-0.25, -0.2) is 4.98 Å². The minimum absolute atomic E-state index is 0.105. The summed E-state index contributed by atoms with van der Waals surface area (Å²) in [6.45, 7) is 1.62. The summed E-state index contributed by atoms with van der Waals surface area (Å²) in [4.78, 5) is 3.84. The molecule has 1 aromatic heterocycles. The smallest absolute Gasteiger partial charge is 0.140 e. The SMILES string of the molecule is C/C(N)=C(\Cl)C(=N)c1ccc(C#N)nc1. The minimum atomic E-state index is 0.105. The Kier molecular flexibility index (Phi) is 3.42. The highest BCUT2D eigenvalue weighted by Crippen LogP contribution is 2.13. The highest BCUT2D eigenvalue weighted by atomic mass is 35.5. The predicted octanol–water partition coefficient (Wildman–Crippen LogP) is 1.75. The number of rotatable bonds is 2. The van der Waals surface area contributed by atoms with Crippen molar-refractivity contribution in [1.29, 1.82) is 10.7 Å². The van der Waals surface area contributed by atoms with Crippen LogP contribution in [0.4, 0.5) is 0 Å². The van der Waals surface area contributed by atoms with Gasteiger partial charge in [0.2, 0.25) is 0 Å². The van der Waals surface area contributed by atoms with Gasteiger partial charge >= 0.3 is 0 Å². The van der Waals surface area contributed by atoms with E-state index in [0.29, 0.717) is 17.0 Å². The summed E-state index contributed by atoms with van der Waals surface area (Å²) < 4.78 is 0. The van der Waals surface area contributed by atoms with Gasteiger partial charge in [-0.15, -0.1) is 0 Å². The van der Waals surface area contributed by atoms with Crippen molar-refractivity contribution in [3.63, 3.8) is 0 Å². The number of nitrogens with one attached hydrogen (secondary N) is 1. The Labute approximate surface area is 92.5 Å². The van der Waals surface area contributed by atoms with Gasteiger partial charge in [0.05, 0.1) is 10.7 Å². The van der Waals surface area contributed by atoms with Crippen LogP contribution in [0.1, 0.15) is 18.2 Å². The monoisotopic (exact) mass is 220 g/mol. The van der Waals surface area contributed by atoms with E-state index < -0.39 is 0 Å². The molecule has 0 bridgehead atoms. The number of nitrogens with two attached hydrogens (primary N) is 1. The Balaban J connectivity index is 3.05. The van der Waals surface area contributed by atoms with Gasteiger partial charge in [-0.1, -0.05) is 11.6 Å². The molecule has 5 heteroatoms. The summed E-state index contributed by atoms with van der Waals surface area (Å²) in [6, 6.07) is 5.03. The molecule has 0 amide bonds. The number of hydrogen-bond acceptors (Lipinski definition) is 4. The normalized spacial score (nSPS) is 11.5. The Morgan fingerprint density at radius 2 is 2.27 bits per heavy atom. The van der Waals surface area contributed by atoms with Gasteiger partial charge in [-0.3, -0.25) is 5.41 Å². The largest absolute Gasteiger partial charge is 0.401 e. The van der Waals surface area contributed by atoms with E-state index in [4.69, 9.17) is 28.0 Å². The molecule has 0 radical (unpaired) electrons. The summed E-state index contributed by atoms with van der Waals surface area (Å²) in [5, 5.41) is 16.4. The van der Waals surface area contributed by atoms with Gasteiger partial charge in [-0.05, 0) is 19.1 Å². The second-order valence-electron chi connectivity index (χ2n) is 2.92. The van der Waals surface area contributed by atoms with Crippen molar-refractivity contribution in [2.24, 2.45) is 5.73 Å². The molecule has 76 valence electrons. The fourth-order valence-electron chi connectivity index (χ4n) is 0.932. The Morgan fingerprint density at radius 1 is 1.60 bits per heavy atom. The van der Waals surface area contributed by atoms with Crippen molar-refractivity contribution in [3.05, 3.63) is 40.3 Å². The third kappa shape index (κ3) is 2.55. The number of hydrogen-bond donors (Lipinski definition) is 2. The first-order valence-electron chi connectivity index (χ1n) is 4.13. The first kappa shape index (κ1) is 11.2. The first-order chi connectivity index (χ1) is 7.06. The molecule has 3 N–H and O–H groups in total. The lowest BCUT2D eigenvalue weighted by molar-refractivity contribution is 1.24. The molecule has 0 fully saturated rings. The number of allylic oxidation sites excluding steroid dienone is 2. The molecule has 1 aromatic rings. The van der Waals surface area contributed by atoms with E-state index in [2.05, 4.69) is 4.98 Å². The molecule has 0 saturated heterocycles. The summed E-state index contributed by atoms with van der Waals surface area (Å²) in [5.74, 6) is 0. The molecule has 0 aliphatic heterocycles. The molecule has 1 rings (SSSR count). The van der Waals surface area contributed by atoms with Crippen molar-refractivity contribution in [1.82, 2.24) is 4.98 Å². The van der Waals surface area contributed by atoms with Gasteiger partial charge in [0.15, 0.2) is 0 Å². The van der Waals surface area contributed by atoms with Crippen LogP contribution >= 0.6 is 11.6 Å². The van der Waals surface area contributed by atoms with E-state index in [9.17, 15) is 0 Å². The molecule has 4 nitrogen and oxygen atoms in total. The first-order valence-corrected chi connectivity index (χ1v) is 4.51. The quantitative estimate of drug-likeness (QED) is 0.745. The summed E-state index contributed by atoms with van der Waals surface area (Å²) >= 11 is 5.81. The number of halogens is 1. The Morgan fingerprint density at radius 3 is 2.67 bits per heavy atom. The zero-order chi connectivity index (χ0) is 11.4. The maximum Gasteiger partial charge on any atom is 0.140 e. The van der Waals surface area contributed by atoms with E-state index >= 15 is 0 Å². The second kappa shape index (κ2) is 4.58. The fraction of sp³-hybridized carbons (Fsp3) is 0.100. The summed E-state index contributed by atoms with van der Waals surface area (Å²) in [7, 11) is 0. The second-order valence-corrected chi connectivity index (χ2v) is 3.29. The number of nitriles is 1. The lowest BCUT2D eigenvalue weighted by atomic mass is 10.1. The molecule has 0 spiro atoms. The predicted molar refractivity (Wildman–Crippen MR) is 58.5 cm³/mol. The van der Waals surface area contributed by atoms with Crippen molar-refractivity contribution < 1.29 is 0 Å². The lowest BCUT2D eigenvalue weighted by Crippen LogP contribution is -2.06. The third-order valence-corrected chi connectivity index (χ3v) is 2.22. The topological polar surface area (TPSA) is 86.5 Å². The fourth-order valence-corrected chi connectivity index (χ4v) is 1.04. The van der Waals surface area contributed by atoms with Crippen LogP contribution in [0.2, 0.25) is 0 Å². The zero-order valence-corrected chi connectivity index (χ0v) is 8.84. The molecule has 0 aliphatic carbocycles. The molecule has 0 saturated carbocycles. The van der Waals surface area contributed by atoms with Crippen molar-refractivity contribution in [3.8, 4) is 6.07 Å². The highest BCUT2D eigenvalue weighted by Gasteiger charge is 2.07. The Hall–Kier alpha value is -1.86. The van der Waals surface area contributed by atoms with Crippen LogP contribution in [0.25, 0.3) is 0 Å². The van der Waals surface area contributed by atoms with E-state index in [0.717, 1.165) is 0 Å². The molecule has 0 aromatic carbocycles. The van der Waals surface area contributed by atoms with Gasteiger partial charge in [0.1, 0.15) is 11.8 Å². The average molecular weight is 221 g/mol. The molecular weight excluding hydrogens is 212 g/mol. The van der Waals surface area contributed by atoms with Gasteiger partial charge < -0.3 is 5.73 Å². The molecule has 1 heterocycles. The van der Waals surface area contributed by atoms with Crippen molar-refractivity contribution in [2.45, 2.75) is 6.92 Å². The third-order valence-electron chi connectivity index (χ3n) is 1.73. The molecule has 0 atom stereocenters. The summed E-state index contributed by atoms with van der Waals surface area (Å²) in [5.41, 5.74) is 6.78. The van der Waals surface area contributed by atoms with Crippen LogP contribution < -0.4 is 5.73 Å². The average Bonchev–Trinajstić information content (AvgIpc) is 2.27. The number of pyridine rings is 1. The zero-order valence-electron chi connectivity index (χ0n) is 8.08. The van der Waals surface area contributed by atoms with Crippen LogP contribution in [-0.4, -0.2) is 10.7 Å².